The first-order valence-corrected chi connectivity index (χ1v) is 11.3. The van der Waals surface area contributed by atoms with Crippen molar-refractivity contribution in [3.63, 3.8) is 0 Å². The van der Waals surface area contributed by atoms with E-state index in [9.17, 15) is 4.79 Å². The van der Waals surface area contributed by atoms with E-state index < -0.39 is 0 Å². The predicted molar refractivity (Wildman–Crippen MR) is 126 cm³/mol. The number of halogens is 2. The lowest BCUT2D eigenvalue weighted by Crippen LogP contribution is -2.40. The van der Waals surface area contributed by atoms with Gasteiger partial charge in [0.15, 0.2) is 0 Å². The third-order valence-electron chi connectivity index (χ3n) is 5.54. The van der Waals surface area contributed by atoms with E-state index in [1.807, 2.05) is 12.1 Å². The molecular weight excluding hydrogens is 467 g/mol. The van der Waals surface area contributed by atoms with E-state index in [-0.39, 0.29) is 11.8 Å². The number of aromatic nitrogens is 2. The summed E-state index contributed by atoms with van der Waals surface area (Å²) in [4.78, 5) is 19.6. The largest absolute Gasteiger partial charge is 0.495 e. The maximum Gasteiger partial charge on any atom is 0.241 e. The highest BCUT2D eigenvalue weighted by Crippen LogP contribution is 2.36. The number of carbonyl (C=O) groups excluding carboxylic acids is 1. The fourth-order valence-electron chi connectivity index (χ4n) is 3.83. The Hall–Kier alpha value is -2.81. The zero-order valence-electron chi connectivity index (χ0n) is 18.3. The molecule has 1 aliphatic heterocycles. The predicted octanol–water partition coefficient (Wildman–Crippen LogP) is 4.91. The maximum absolute atomic E-state index is 13.0. The average molecular weight is 491 g/mol. The molecule has 0 spiro atoms. The van der Waals surface area contributed by atoms with Gasteiger partial charge in [-0.05, 0) is 43.7 Å². The summed E-state index contributed by atoms with van der Waals surface area (Å²) in [6.45, 7) is 1.90. The first kappa shape index (κ1) is 23.4. The third-order valence-corrected chi connectivity index (χ3v) is 6.08. The summed E-state index contributed by atoms with van der Waals surface area (Å²) in [6.07, 6.45) is 1.67. The standard InChI is InChI=1S/C23H24Cl2N4O4/c1-31-19-11-18(20(32-2)10-17(19)25)26-23(30)15-4-3-9-29(12-15)13-21-27-22(28-33-21)14-5-7-16(24)8-6-14/h5-8,10-11,15H,3-4,9,12-13H2,1-2H3,(H,26,30). The van der Waals surface area contributed by atoms with Crippen molar-refractivity contribution in [2.24, 2.45) is 5.92 Å². The van der Waals surface area contributed by atoms with Gasteiger partial charge >= 0.3 is 0 Å². The lowest BCUT2D eigenvalue weighted by Gasteiger charge is -2.31. The molecule has 1 fully saturated rings. The molecule has 0 saturated carbocycles. The molecule has 1 amide bonds. The van der Waals surface area contributed by atoms with Crippen molar-refractivity contribution in [1.82, 2.24) is 15.0 Å². The minimum atomic E-state index is -0.191. The molecule has 1 aromatic heterocycles. The summed E-state index contributed by atoms with van der Waals surface area (Å²) in [5.41, 5.74) is 1.35. The van der Waals surface area contributed by atoms with Crippen LogP contribution in [0.15, 0.2) is 40.9 Å². The van der Waals surface area contributed by atoms with E-state index in [2.05, 4.69) is 20.4 Å². The van der Waals surface area contributed by atoms with Gasteiger partial charge in [-0.3, -0.25) is 9.69 Å². The van der Waals surface area contributed by atoms with Crippen LogP contribution in [0.3, 0.4) is 0 Å². The molecule has 4 rings (SSSR count). The fourth-order valence-corrected chi connectivity index (χ4v) is 4.19. The zero-order valence-corrected chi connectivity index (χ0v) is 19.8. The molecule has 1 N–H and O–H groups in total. The highest BCUT2D eigenvalue weighted by atomic mass is 35.5. The van der Waals surface area contributed by atoms with Crippen LogP contribution in [0, 0.1) is 5.92 Å². The van der Waals surface area contributed by atoms with Crippen molar-refractivity contribution in [3.8, 4) is 22.9 Å². The number of carbonyl (C=O) groups is 1. The number of hydrogen-bond acceptors (Lipinski definition) is 7. The summed E-state index contributed by atoms with van der Waals surface area (Å²) >= 11 is 12.1. The molecule has 8 nitrogen and oxygen atoms in total. The highest BCUT2D eigenvalue weighted by Gasteiger charge is 2.28. The van der Waals surface area contributed by atoms with E-state index in [1.54, 1.807) is 24.3 Å². The molecular formula is C23H24Cl2N4O4. The van der Waals surface area contributed by atoms with Gasteiger partial charge in [0.05, 0.1) is 37.4 Å². The Labute approximate surface area is 201 Å². The molecule has 2 aromatic carbocycles. The second kappa shape index (κ2) is 10.4. The Morgan fingerprint density at radius 1 is 1.18 bits per heavy atom. The summed E-state index contributed by atoms with van der Waals surface area (Å²) < 4.78 is 16.0. The van der Waals surface area contributed by atoms with Crippen LogP contribution in [0.1, 0.15) is 18.7 Å². The monoisotopic (exact) mass is 490 g/mol. The molecule has 1 unspecified atom stereocenters. The highest BCUT2D eigenvalue weighted by molar-refractivity contribution is 6.32. The first-order valence-electron chi connectivity index (χ1n) is 10.5. The summed E-state index contributed by atoms with van der Waals surface area (Å²) in [6, 6.07) is 10.5. The number of nitrogens with zero attached hydrogens (tertiary/aromatic N) is 3. The van der Waals surface area contributed by atoms with Crippen LogP contribution in [0.2, 0.25) is 10.0 Å². The topological polar surface area (TPSA) is 89.7 Å². The Kier molecular flexibility index (Phi) is 7.37. The molecule has 1 aliphatic rings. The number of anilines is 1. The van der Waals surface area contributed by atoms with Crippen LogP contribution in [-0.4, -0.2) is 48.3 Å². The van der Waals surface area contributed by atoms with Crippen molar-refractivity contribution in [2.75, 3.05) is 32.6 Å². The Bertz CT molecular complexity index is 1120. The molecule has 1 saturated heterocycles. The zero-order chi connectivity index (χ0) is 23.4. The number of amides is 1. The summed E-state index contributed by atoms with van der Waals surface area (Å²) in [7, 11) is 3.05. The number of piperidine rings is 1. The normalized spacial score (nSPS) is 16.4. The van der Waals surface area contributed by atoms with Gasteiger partial charge < -0.3 is 19.3 Å². The quantitative estimate of drug-likeness (QED) is 0.502. The van der Waals surface area contributed by atoms with E-state index in [0.717, 1.165) is 24.9 Å². The smallest absolute Gasteiger partial charge is 0.241 e. The maximum atomic E-state index is 13.0. The molecule has 1 atom stereocenters. The SMILES string of the molecule is COc1cc(NC(=O)C2CCCN(Cc3nc(-c4ccc(Cl)cc4)no3)C2)c(OC)cc1Cl. The van der Waals surface area contributed by atoms with Crippen molar-refractivity contribution < 1.29 is 18.8 Å². The van der Waals surface area contributed by atoms with Crippen LogP contribution in [0.25, 0.3) is 11.4 Å². The number of hydrogen-bond donors (Lipinski definition) is 1. The molecule has 174 valence electrons. The summed E-state index contributed by atoms with van der Waals surface area (Å²) in [5.74, 6) is 1.67. The second-order valence-corrected chi connectivity index (χ2v) is 8.61. The molecule has 2 heterocycles. The van der Waals surface area contributed by atoms with Crippen LogP contribution < -0.4 is 14.8 Å². The van der Waals surface area contributed by atoms with Gasteiger partial charge in [-0.2, -0.15) is 4.98 Å². The van der Waals surface area contributed by atoms with Gasteiger partial charge in [0.2, 0.25) is 17.6 Å². The fraction of sp³-hybridized carbons (Fsp3) is 0.348. The van der Waals surface area contributed by atoms with Crippen molar-refractivity contribution in [1.29, 1.82) is 0 Å². The van der Waals surface area contributed by atoms with E-state index in [0.29, 0.717) is 52.0 Å². The number of rotatable bonds is 7. The summed E-state index contributed by atoms with van der Waals surface area (Å²) in [5, 5.41) is 8.08. The van der Waals surface area contributed by atoms with Crippen LogP contribution in [0.4, 0.5) is 5.69 Å². The number of methoxy groups -OCH3 is 2. The lowest BCUT2D eigenvalue weighted by molar-refractivity contribution is -0.121. The minimum absolute atomic E-state index is 0.0882. The average Bonchev–Trinajstić information content (AvgIpc) is 3.28. The van der Waals surface area contributed by atoms with E-state index in [4.69, 9.17) is 37.2 Å². The minimum Gasteiger partial charge on any atom is -0.495 e. The van der Waals surface area contributed by atoms with Gasteiger partial charge in [-0.25, -0.2) is 0 Å². The van der Waals surface area contributed by atoms with Crippen molar-refractivity contribution in [3.05, 3.63) is 52.3 Å². The first-order chi connectivity index (χ1) is 16.0. The third kappa shape index (κ3) is 5.58. The van der Waals surface area contributed by atoms with E-state index in [1.165, 1.54) is 14.2 Å². The Morgan fingerprint density at radius 3 is 2.67 bits per heavy atom. The van der Waals surface area contributed by atoms with E-state index >= 15 is 0 Å². The lowest BCUT2D eigenvalue weighted by atomic mass is 9.97. The molecule has 33 heavy (non-hydrogen) atoms. The van der Waals surface area contributed by atoms with Gasteiger partial charge in [0.1, 0.15) is 11.5 Å². The van der Waals surface area contributed by atoms with Gasteiger partial charge in [-0.15, -0.1) is 0 Å². The number of likely N-dealkylation sites (tertiary alicyclic amines) is 1. The number of benzene rings is 2. The second-order valence-electron chi connectivity index (χ2n) is 7.77. The van der Waals surface area contributed by atoms with Gasteiger partial charge in [-0.1, -0.05) is 28.4 Å². The van der Waals surface area contributed by atoms with Gasteiger partial charge in [0.25, 0.3) is 0 Å². The van der Waals surface area contributed by atoms with Crippen molar-refractivity contribution in [2.45, 2.75) is 19.4 Å². The number of nitrogens with one attached hydrogen (secondary N) is 1. The number of ether oxygens (including phenoxy) is 2. The molecule has 0 aliphatic carbocycles. The molecule has 0 bridgehead atoms. The molecule has 3 aromatic rings. The van der Waals surface area contributed by atoms with Crippen LogP contribution in [-0.2, 0) is 11.3 Å². The van der Waals surface area contributed by atoms with Crippen LogP contribution >= 0.6 is 23.2 Å². The van der Waals surface area contributed by atoms with Crippen LogP contribution in [0.5, 0.6) is 11.5 Å². The Morgan fingerprint density at radius 2 is 1.94 bits per heavy atom. The molecule has 0 radical (unpaired) electrons. The molecule has 10 heteroatoms. The van der Waals surface area contributed by atoms with Crippen molar-refractivity contribution >= 4 is 34.8 Å². The Balaban J connectivity index is 1.40. The van der Waals surface area contributed by atoms with Gasteiger partial charge in [0, 0.05) is 29.3 Å².